The summed E-state index contributed by atoms with van der Waals surface area (Å²) in [6, 6.07) is 12.2. The minimum absolute atomic E-state index is 0.233. The molecule has 102 valence electrons. The van der Waals surface area contributed by atoms with Crippen molar-refractivity contribution in [3.05, 3.63) is 64.2 Å². The lowest BCUT2D eigenvalue weighted by Crippen LogP contribution is -2.00. The number of hydrogen-bond donors (Lipinski definition) is 0. The Morgan fingerprint density at radius 1 is 1.05 bits per heavy atom. The lowest BCUT2D eigenvalue weighted by atomic mass is 10.1. The first kappa shape index (κ1) is 12.9. The maximum Gasteiger partial charge on any atom is 0.163 e. The molecule has 0 spiro atoms. The van der Waals surface area contributed by atoms with Crippen LogP contribution in [0.4, 0.5) is 0 Å². The fourth-order valence-electron chi connectivity index (χ4n) is 2.91. The SMILES string of the molecule is Cc1cc(C)cc(COc2cccc3c2CCC3=O)c1. The highest BCUT2D eigenvalue weighted by atomic mass is 16.5. The molecular weight excluding hydrogens is 248 g/mol. The van der Waals surface area contributed by atoms with Gasteiger partial charge in [-0.15, -0.1) is 0 Å². The van der Waals surface area contributed by atoms with E-state index >= 15 is 0 Å². The summed E-state index contributed by atoms with van der Waals surface area (Å²) in [4.78, 5) is 11.7. The Morgan fingerprint density at radius 3 is 2.55 bits per heavy atom. The molecule has 0 fully saturated rings. The van der Waals surface area contributed by atoms with E-state index in [1.165, 1.54) is 16.7 Å². The highest BCUT2D eigenvalue weighted by molar-refractivity contribution is 6.01. The first-order valence-corrected chi connectivity index (χ1v) is 6.98. The number of ether oxygens (including phenoxy) is 1. The average molecular weight is 266 g/mol. The van der Waals surface area contributed by atoms with Crippen LogP contribution >= 0.6 is 0 Å². The van der Waals surface area contributed by atoms with Crippen molar-refractivity contribution in [3.63, 3.8) is 0 Å². The molecule has 3 rings (SSSR count). The van der Waals surface area contributed by atoms with Gasteiger partial charge in [0.05, 0.1) is 0 Å². The summed E-state index contributed by atoms with van der Waals surface area (Å²) in [5, 5.41) is 0. The van der Waals surface area contributed by atoms with Gasteiger partial charge in [-0.2, -0.15) is 0 Å². The number of Topliss-reactive ketones (excluding diaryl/α,β-unsaturated/α-hetero) is 1. The molecule has 0 N–H and O–H groups in total. The van der Waals surface area contributed by atoms with Gasteiger partial charge in [0, 0.05) is 17.5 Å². The molecule has 0 aliphatic heterocycles. The normalized spacial score (nSPS) is 13.4. The van der Waals surface area contributed by atoms with Crippen LogP contribution in [0, 0.1) is 13.8 Å². The van der Waals surface area contributed by atoms with Crippen LogP contribution in [-0.4, -0.2) is 5.78 Å². The number of benzene rings is 2. The van der Waals surface area contributed by atoms with Crippen LogP contribution < -0.4 is 4.74 Å². The molecule has 1 aliphatic carbocycles. The molecule has 2 aromatic carbocycles. The van der Waals surface area contributed by atoms with Gasteiger partial charge in [0.2, 0.25) is 0 Å². The van der Waals surface area contributed by atoms with Gasteiger partial charge in [-0.3, -0.25) is 4.79 Å². The Hall–Kier alpha value is -2.09. The summed E-state index contributed by atoms with van der Waals surface area (Å²) in [5.74, 6) is 1.09. The van der Waals surface area contributed by atoms with Crippen molar-refractivity contribution in [2.75, 3.05) is 0 Å². The molecule has 0 radical (unpaired) electrons. The van der Waals surface area contributed by atoms with Crippen molar-refractivity contribution in [1.82, 2.24) is 0 Å². The van der Waals surface area contributed by atoms with Crippen LogP contribution in [0.5, 0.6) is 5.75 Å². The second-order valence-corrected chi connectivity index (χ2v) is 5.49. The summed E-state index contributed by atoms with van der Waals surface area (Å²) in [7, 11) is 0. The van der Waals surface area contributed by atoms with E-state index in [0.717, 1.165) is 23.3 Å². The van der Waals surface area contributed by atoms with E-state index in [1.54, 1.807) is 0 Å². The van der Waals surface area contributed by atoms with E-state index in [-0.39, 0.29) is 5.78 Å². The monoisotopic (exact) mass is 266 g/mol. The van der Waals surface area contributed by atoms with Crippen molar-refractivity contribution in [2.45, 2.75) is 33.3 Å². The van der Waals surface area contributed by atoms with Crippen molar-refractivity contribution >= 4 is 5.78 Å². The van der Waals surface area contributed by atoms with Crippen LogP contribution in [0.1, 0.15) is 39.0 Å². The Kier molecular flexibility index (Phi) is 3.31. The molecule has 2 nitrogen and oxygen atoms in total. The van der Waals surface area contributed by atoms with Crippen LogP contribution in [0.3, 0.4) is 0 Å². The summed E-state index contributed by atoms with van der Waals surface area (Å²) in [6.45, 7) is 4.73. The van der Waals surface area contributed by atoms with E-state index in [9.17, 15) is 4.79 Å². The number of fused-ring (bicyclic) bond motifs is 1. The lowest BCUT2D eigenvalue weighted by Gasteiger charge is -2.11. The predicted molar refractivity (Wildman–Crippen MR) is 79.3 cm³/mol. The smallest absolute Gasteiger partial charge is 0.163 e. The maximum absolute atomic E-state index is 11.7. The molecule has 2 aromatic rings. The molecule has 0 bridgehead atoms. The van der Waals surface area contributed by atoms with Gasteiger partial charge < -0.3 is 4.74 Å². The van der Waals surface area contributed by atoms with Gasteiger partial charge in [0.1, 0.15) is 12.4 Å². The average Bonchev–Trinajstić information content (AvgIpc) is 2.78. The van der Waals surface area contributed by atoms with E-state index in [4.69, 9.17) is 4.74 Å². The fraction of sp³-hybridized carbons (Fsp3) is 0.278. The zero-order chi connectivity index (χ0) is 14.1. The second-order valence-electron chi connectivity index (χ2n) is 5.49. The third-order valence-corrected chi connectivity index (χ3v) is 3.71. The maximum atomic E-state index is 11.7. The number of carbonyl (C=O) groups excluding carboxylic acids is 1. The van der Waals surface area contributed by atoms with Crippen molar-refractivity contribution in [3.8, 4) is 5.75 Å². The quantitative estimate of drug-likeness (QED) is 0.839. The standard InChI is InChI=1S/C18H18O2/c1-12-8-13(2)10-14(9-12)11-20-18-5-3-4-15-16(18)6-7-17(15)19/h3-5,8-10H,6-7,11H2,1-2H3. The fourth-order valence-corrected chi connectivity index (χ4v) is 2.91. The number of carbonyl (C=O) groups is 1. The van der Waals surface area contributed by atoms with Gasteiger partial charge in [-0.05, 0) is 31.9 Å². The minimum atomic E-state index is 0.233. The van der Waals surface area contributed by atoms with Crippen LogP contribution in [0.2, 0.25) is 0 Å². The van der Waals surface area contributed by atoms with Gasteiger partial charge in [0.15, 0.2) is 5.78 Å². The largest absolute Gasteiger partial charge is 0.489 e. The van der Waals surface area contributed by atoms with Crippen molar-refractivity contribution < 1.29 is 9.53 Å². The summed E-state index contributed by atoms with van der Waals surface area (Å²) in [6.07, 6.45) is 1.41. The highest BCUT2D eigenvalue weighted by Crippen LogP contribution is 2.31. The second kappa shape index (κ2) is 5.12. The minimum Gasteiger partial charge on any atom is -0.489 e. The highest BCUT2D eigenvalue weighted by Gasteiger charge is 2.22. The first-order chi connectivity index (χ1) is 9.63. The summed E-state index contributed by atoms with van der Waals surface area (Å²) < 4.78 is 5.94. The molecule has 0 saturated carbocycles. The number of aryl methyl sites for hydroxylation is 2. The van der Waals surface area contributed by atoms with Crippen molar-refractivity contribution in [1.29, 1.82) is 0 Å². The van der Waals surface area contributed by atoms with Gasteiger partial charge in [-0.25, -0.2) is 0 Å². The summed E-state index contributed by atoms with van der Waals surface area (Å²) >= 11 is 0. The zero-order valence-electron chi connectivity index (χ0n) is 11.9. The van der Waals surface area contributed by atoms with Crippen molar-refractivity contribution in [2.24, 2.45) is 0 Å². The van der Waals surface area contributed by atoms with Gasteiger partial charge in [0.25, 0.3) is 0 Å². The van der Waals surface area contributed by atoms with E-state index in [1.807, 2.05) is 18.2 Å². The van der Waals surface area contributed by atoms with E-state index < -0.39 is 0 Å². The Bertz CT molecular complexity index is 651. The summed E-state index contributed by atoms with van der Waals surface area (Å²) in [5.41, 5.74) is 5.57. The molecule has 1 aliphatic rings. The topological polar surface area (TPSA) is 26.3 Å². The van der Waals surface area contributed by atoms with E-state index in [0.29, 0.717) is 13.0 Å². The molecule has 0 aromatic heterocycles. The van der Waals surface area contributed by atoms with Crippen LogP contribution in [0.25, 0.3) is 0 Å². The molecule has 2 heteroatoms. The molecule has 0 unspecified atom stereocenters. The predicted octanol–water partition coefficient (Wildman–Crippen LogP) is 4.01. The van der Waals surface area contributed by atoms with Gasteiger partial charge in [-0.1, -0.05) is 41.5 Å². The molecule has 0 amide bonds. The molecular formula is C18H18O2. The third-order valence-electron chi connectivity index (χ3n) is 3.71. The van der Waals surface area contributed by atoms with E-state index in [2.05, 4.69) is 32.0 Å². The molecule has 20 heavy (non-hydrogen) atoms. The lowest BCUT2D eigenvalue weighted by molar-refractivity contribution is 0.0994. The first-order valence-electron chi connectivity index (χ1n) is 6.98. The Morgan fingerprint density at radius 2 is 1.80 bits per heavy atom. The van der Waals surface area contributed by atoms with Crippen LogP contribution in [-0.2, 0) is 13.0 Å². The van der Waals surface area contributed by atoms with Crippen LogP contribution in [0.15, 0.2) is 36.4 Å². The number of rotatable bonds is 3. The van der Waals surface area contributed by atoms with Gasteiger partial charge >= 0.3 is 0 Å². The number of ketones is 1. The zero-order valence-corrected chi connectivity index (χ0v) is 11.9. The Labute approximate surface area is 119 Å². The molecule has 0 saturated heterocycles. The number of hydrogen-bond acceptors (Lipinski definition) is 2. The third kappa shape index (κ3) is 2.46. The molecule has 0 atom stereocenters. The molecule has 0 heterocycles. The Balaban J connectivity index is 1.81.